The van der Waals surface area contributed by atoms with Crippen LogP contribution in [-0.2, 0) is 0 Å². The third kappa shape index (κ3) is 2.59. The van der Waals surface area contributed by atoms with Gasteiger partial charge < -0.3 is 0 Å². The first-order chi connectivity index (χ1) is 8.51. The van der Waals surface area contributed by atoms with Crippen LogP contribution in [0.3, 0.4) is 0 Å². The zero-order chi connectivity index (χ0) is 13.7. The summed E-state index contributed by atoms with van der Waals surface area (Å²) in [5.41, 5.74) is -1.08. The molecule has 0 amide bonds. The van der Waals surface area contributed by atoms with Crippen molar-refractivity contribution >= 4 is 11.4 Å². The van der Waals surface area contributed by atoms with E-state index in [0.717, 1.165) is 0 Å². The molecule has 1 aromatic rings. The molecule has 0 fully saturated rings. The first-order valence-electron chi connectivity index (χ1n) is 4.48. The maximum absolute atomic E-state index is 10.5. The van der Waals surface area contributed by atoms with Crippen LogP contribution in [0.4, 0.5) is 0 Å². The Morgan fingerprint density at radius 3 is 2.00 bits per heavy atom. The molecule has 2 N–H and O–H groups in total. The van der Waals surface area contributed by atoms with E-state index in [1.54, 1.807) is 6.07 Å². The lowest BCUT2D eigenvalue weighted by atomic mass is 10.2. The Morgan fingerprint density at radius 2 is 1.67 bits per heavy atom. The Balaban J connectivity index is 3.55. The zero-order valence-electron chi connectivity index (χ0n) is 8.81. The summed E-state index contributed by atoms with van der Waals surface area (Å²) in [4.78, 5) is 9.69. The number of benzene rings is 1. The average Bonchev–Trinajstić information content (AvgIpc) is 2.32. The highest BCUT2D eigenvalue weighted by molar-refractivity contribution is 5.56. The van der Waals surface area contributed by atoms with Gasteiger partial charge in [-0.25, -0.2) is 0 Å². The fourth-order valence-corrected chi connectivity index (χ4v) is 1.22. The molecule has 0 aliphatic heterocycles. The van der Waals surface area contributed by atoms with Crippen LogP contribution >= 0.6 is 0 Å². The average molecular weight is 246 g/mol. The van der Waals surface area contributed by atoms with Gasteiger partial charge in [0.25, 0.3) is 0 Å². The van der Waals surface area contributed by atoms with Gasteiger partial charge in [-0.1, -0.05) is 12.1 Å². The fourth-order valence-electron chi connectivity index (χ4n) is 1.22. The number of nitrogens with zero attached hydrogens (tertiary/aromatic N) is 4. The Hall–Kier alpha value is -2.94. The van der Waals surface area contributed by atoms with Crippen LogP contribution in [0.5, 0.6) is 0 Å². The second kappa shape index (κ2) is 5.41. The second-order valence-corrected chi connectivity index (χ2v) is 3.04. The van der Waals surface area contributed by atoms with Crippen molar-refractivity contribution in [1.29, 1.82) is 10.5 Å². The number of hydroxylamine groups is 2. The van der Waals surface area contributed by atoms with Crippen molar-refractivity contribution in [1.82, 2.24) is 5.23 Å². The molecule has 18 heavy (non-hydrogen) atoms. The van der Waals surface area contributed by atoms with Gasteiger partial charge in [-0.15, -0.1) is 5.23 Å². The number of nitriles is 2. The molecule has 0 unspecified atom stereocenters. The number of hydrogen-bond donors (Lipinski definition) is 2. The molecule has 0 heterocycles. The third-order valence-electron chi connectivity index (χ3n) is 2.03. The molecule has 0 aliphatic rings. The lowest BCUT2D eigenvalue weighted by Gasteiger charge is -2.04. The van der Waals surface area contributed by atoms with E-state index in [-0.39, 0.29) is 15.7 Å². The van der Waals surface area contributed by atoms with Crippen LogP contribution in [0.15, 0.2) is 24.3 Å². The largest absolute Gasteiger partial charge is 0.352 e. The van der Waals surface area contributed by atoms with Crippen LogP contribution in [0.2, 0.25) is 0 Å². The number of rotatable bonds is 2. The SMILES string of the molecule is N#CC(=c1ccc(=C(C#N)[N+](=O)[O-])cc1)N(O)O. The lowest BCUT2D eigenvalue weighted by Crippen LogP contribution is -2.21. The molecule has 0 saturated carbocycles. The minimum absolute atomic E-state index is 0.0611. The van der Waals surface area contributed by atoms with Crippen LogP contribution in [-0.4, -0.2) is 20.6 Å². The summed E-state index contributed by atoms with van der Waals surface area (Å²) in [6.45, 7) is 0. The molecule has 1 rings (SSSR count). The van der Waals surface area contributed by atoms with Gasteiger partial charge in [-0.3, -0.25) is 20.5 Å². The molecular formula is C10H6N4O4. The molecule has 0 bridgehead atoms. The lowest BCUT2D eigenvalue weighted by molar-refractivity contribution is -0.374. The maximum Gasteiger partial charge on any atom is 0.352 e. The summed E-state index contributed by atoms with van der Waals surface area (Å²) in [5, 5.41) is 45.1. The van der Waals surface area contributed by atoms with E-state index < -0.39 is 16.3 Å². The van der Waals surface area contributed by atoms with Crippen molar-refractivity contribution in [3.05, 3.63) is 44.8 Å². The van der Waals surface area contributed by atoms with E-state index in [0.29, 0.717) is 0 Å². The van der Waals surface area contributed by atoms with E-state index in [1.165, 1.54) is 30.3 Å². The molecule has 0 radical (unpaired) electrons. The van der Waals surface area contributed by atoms with Crippen LogP contribution in [0.1, 0.15) is 0 Å². The molecule has 0 spiro atoms. The topological polar surface area (TPSA) is 134 Å². The Kier molecular flexibility index (Phi) is 3.94. The Morgan fingerprint density at radius 1 is 1.17 bits per heavy atom. The predicted molar refractivity (Wildman–Crippen MR) is 56.1 cm³/mol. The van der Waals surface area contributed by atoms with E-state index in [9.17, 15) is 10.1 Å². The van der Waals surface area contributed by atoms with Gasteiger partial charge in [0.2, 0.25) is 0 Å². The first kappa shape index (κ1) is 13.1. The highest BCUT2D eigenvalue weighted by Gasteiger charge is 2.10. The normalized spacial score (nSPS) is 8.89. The smallest absolute Gasteiger partial charge is 0.263 e. The molecule has 0 aromatic heterocycles. The first-order valence-corrected chi connectivity index (χ1v) is 4.48. The predicted octanol–water partition coefficient (Wildman–Crippen LogP) is -0.693. The van der Waals surface area contributed by atoms with Crippen molar-refractivity contribution in [3.8, 4) is 12.1 Å². The van der Waals surface area contributed by atoms with Crippen molar-refractivity contribution in [3.63, 3.8) is 0 Å². The Labute approximate surface area is 100 Å². The van der Waals surface area contributed by atoms with Gasteiger partial charge in [0, 0.05) is 5.22 Å². The minimum atomic E-state index is -0.825. The third-order valence-corrected chi connectivity index (χ3v) is 2.03. The highest BCUT2D eigenvalue weighted by Crippen LogP contribution is 1.94. The second-order valence-electron chi connectivity index (χ2n) is 3.04. The fraction of sp³-hybridized carbons (Fsp3) is 0. The molecule has 90 valence electrons. The van der Waals surface area contributed by atoms with Gasteiger partial charge in [0.05, 0.1) is 10.1 Å². The summed E-state index contributed by atoms with van der Waals surface area (Å²) in [5.74, 6) is 0. The van der Waals surface area contributed by atoms with Crippen LogP contribution < -0.4 is 10.4 Å². The minimum Gasteiger partial charge on any atom is -0.263 e. The van der Waals surface area contributed by atoms with Gasteiger partial charge in [0.15, 0.2) is 11.8 Å². The van der Waals surface area contributed by atoms with E-state index in [4.69, 9.17) is 20.9 Å². The monoisotopic (exact) mass is 246 g/mol. The van der Waals surface area contributed by atoms with E-state index in [2.05, 4.69) is 0 Å². The number of hydrogen-bond acceptors (Lipinski definition) is 7. The van der Waals surface area contributed by atoms with E-state index in [1.807, 2.05) is 0 Å². The van der Waals surface area contributed by atoms with Crippen molar-refractivity contribution < 1.29 is 15.3 Å². The molecule has 8 heteroatoms. The van der Waals surface area contributed by atoms with Gasteiger partial charge in [0.1, 0.15) is 6.07 Å². The summed E-state index contributed by atoms with van der Waals surface area (Å²) in [7, 11) is 0. The highest BCUT2D eigenvalue weighted by atomic mass is 16.8. The number of nitro groups is 1. The van der Waals surface area contributed by atoms with Gasteiger partial charge >= 0.3 is 5.70 Å². The molecule has 0 atom stereocenters. The van der Waals surface area contributed by atoms with Gasteiger partial charge in [-0.05, 0) is 12.1 Å². The molecule has 1 aromatic carbocycles. The van der Waals surface area contributed by atoms with Crippen molar-refractivity contribution in [2.24, 2.45) is 0 Å². The Bertz CT molecular complexity index is 658. The standard InChI is InChI=1S/C10H6N4O4/c11-5-9(13(15)16)7-1-2-8(4-3-7)10(6-12)14(17)18/h1-4,15-16H. The van der Waals surface area contributed by atoms with Gasteiger partial charge in [-0.2, -0.15) is 10.5 Å². The quantitative estimate of drug-likeness (QED) is 0.520. The summed E-state index contributed by atoms with van der Waals surface area (Å²) >= 11 is 0. The molecule has 0 aliphatic carbocycles. The molecule has 8 nitrogen and oxygen atoms in total. The maximum atomic E-state index is 10.5. The molecular weight excluding hydrogens is 240 g/mol. The van der Waals surface area contributed by atoms with E-state index >= 15 is 0 Å². The van der Waals surface area contributed by atoms with Crippen LogP contribution in [0.25, 0.3) is 11.4 Å². The summed E-state index contributed by atoms with van der Waals surface area (Å²) < 4.78 is 0. The molecule has 0 saturated heterocycles. The van der Waals surface area contributed by atoms with Crippen molar-refractivity contribution in [2.45, 2.75) is 0 Å². The summed E-state index contributed by atoms with van der Waals surface area (Å²) in [6, 6.07) is 7.96. The van der Waals surface area contributed by atoms with Crippen LogP contribution in [0, 0.1) is 32.8 Å². The van der Waals surface area contributed by atoms with Crippen molar-refractivity contribution in [2.75, 3.05) is 0 Å². The summed E-state index contributed by atoms with van der Waals surface area (Å²) in [6.07, 6.45) is 0. The zero-order valence-corrected chi connectivity index (χ0v) is 8.81.